The summed E-state index contributed by atoms with van der Waals surface area (Å²) in [6.45, 7) is 1.82. The van der Waals surface area contributed by atoms with Gasteiger partial charge in [-0.2, -0.15) is 0 Å². The molecular formula is C12H16N4O4. The standard InChI is InChI=1S/C12H16N4O4/c1-8(17)14-6-7-15-12(18)9-4-3-5-10(13-2)11(9)16(19)20/h3-5,13H,6-7H2,1-2H3,(H,14,17)(H,15,18). The Hall–Kier alpha value is -2.64. The minimum absolute atomic E-state index is 0.0234. The molecular weight excluding hydrogens is 264 g/mol. The number of nitro groups is 1. The van der Waals surface area contributed by atoms with Gasteiger partial charge in [-0.25, -0.2) is 0 Å². The molecule has 0 saturated carbocycles. The van der Waals surface area contributed by atoms with Gasteiger partial charge in [0.2, 0.25) is 5.91 Å². The zero-order valence-electron chi connectivity index (χ0n) is 11.2. The van der Waals surface area contributed by atoms with Crippen molar-refractivity contribution in [1.29, 1.82) is 0 Å². The highest BCUT2D eigenvalue weighted by Gasteiger charge is 2.23. The zero-order valence-corrected chi connectivity index (χ0v) is 11.2. The number of para-hydroxylation sites is 1. The normalized spacial score (nSPS) is 9.70. The number of carbonyl (C=O) groups is 2. The van der Waals surface area contributed by atoms with Crippen LogP contribution in [0.25, 0.3) is 0 Å². The Kier molecular flexibility index (Phi) is 5.45. The van der Waals surface area contributed by atoms with Crippen LogP contribution in [0.4, 0.5) is 11.4 Å². The van der Waals surface area contributed by atoms with Crippen molar-refractivity contribution in [3.8, 4) is 0 Å². The summed E-state index contributed by atoms with van der Waals surface area (Å²) < 4.78 is 0. The van der Waals surface area contributed by atoms with E-state index in [0.717, 1.165) is 0 Å². The molecule has 0 aliphatic rings. The summed E-state index contributed by atoms with van der Waals surface area (Å²) in [6.07, 6.45) is 0. The Balaban J connectivity index is 2.82. The maximum atomic E-state index is 11.9. The third-order valence-electron chi connectivity index (χ3n) is 2.52. The topological polar surface area (TPSA) is 113 Å². The lowest BCUT2D eigenvalue weighted by atomic mass is 10.1. The van der Waals surface area contributed by atoms with Gasteiger partial charge in [0.25, 0.3) is 5.91 Å². The van der Waals surface area contributed by atoms with E-state index in [1.165, 1.54) is 19.1 Å². The van der Waals surface area contributed by atoms with Crippen molar-refractivity contribution in [2.24, 2.45) is 0 Å². The highest BCUT2D eigenvalue weighted by Crippen LogP contribution is 2.27. The van der Waals surface area contributed by atoms with Crippen molar-refractivity contribution >= 4 is 23.2 Å². The van der Waals surface area contributed by atoms with Gasteiger partial charge < -0.3 is 16.0 Å². The Morgan fingerprint density at radius 2 is 1.90 bits per heavy atom. The summed E-state index contributed by atoms with van der Waals surface area (Å²) in [5, 5.41) is 18.8. The van der Waals surface area contributed by atoms with E-state index in [2.05, 4.69) is 16.0 Å². The van der Waals surface area contributed by atoms with Gasteiger partial charge in [-0.1, -0.05) is 6.07 Å². The Bertz CT molecular complexity index is 530. The second kappa shape index (κ2) is 7.07. The van der Waals surface area contributed by atoms with Crippen LogP contribution in [-0.2, 0) is 4.79 Å². The van der Waals surface area contributed by atoms with Crippen molar-refractivity contribution < 1.29 is 14.5 Å². The molecule has 0 unspecified atom stereocenters. The number of hydrogen-bond donors (Lipinski definition) is 3. The molecule has 1 aromatic carbocycles. The first-order chi connectivity index (χ1) is 9.47. The van der Waals surface area contributed by atoms with Gasteiger partial charge in [-0.3, -0.25) is 19.7 Å². The van der Waals surface area contributed by atoms with E-state index in [9.17, 15) is 19.7 Å². The van der Waals surface area contributed by atoms with Crippen LogP contribution in [0.2, 0.25) is 0 Å². The number of hydrogen-bond acceptors (Lipinski definition) is 5. The minimum Gasteiger partial charge on any atom is -0.383 e. The fourth-order valence-corrected chi connectivity index (χ4v) is 1.63. The monoisotopic (exact) mass is 280 g/mol. The molecule has 1 aromatic rings. The number of amides is 2. The van der Waals surface area contributed by atoms with E-state index < -0.39 is 10.8 Å². The second-order valence-corrected chi connectivity index (χ2v) is 3.95. The van der Waals surface area contributed by atoms with Gasteiger partial charge in [0.1, 0.15) is 11.3 Å². The molecule has 1 rings (SSSR count). The number of nitrogens with one attached hydrogen (secondary N) is 3. The highest BCUT2D eigenvalue weighted by molar-refractivity contribution is 6.00. The quantitative estimate of drug-likeness (QED) is 0.399. The molecule has 0 saturated heterocycles. The molecule has 0 aromatic heterocycles. The van der Waals surface area contributed by atoms with E-state index in [1.54, 1.807) is 13.1 Å². The molecule has 0 radical (unpaired) electrons. The molecule has 0 atom stereocenters. The first-order valence-electron chi connectivity index (χ1n) is 5.95. The predicted molar refractivity (Wildman–Crippen MR) is 73.7 cm³/mol. The van der Waals surface area contributed by atoms with Crippen LogP contribution < -0.4 is 16.0 Å². The van der Waals surface area contributed by atoms with Crippen LogP contribution in [0.3, 0.4) is 0 Å². The van der Waals surface area contributed by atoms with E-state index >= 15 is 0 Å². The smallest absolute Gasteiger partial charge is 0.305 e. The SMILES string of the molecule is CNc1cccc(C(=O)NCCNC(C)=O)c1[N+](=O)[O-]. The lowest BCUT2D eigenvalue weighted by Crippen LogP contribution is -2.33. The lowest BCUT2D eigenvalue weighted by Gasteiger charge is -2.08. The van der Waals surface area contributed by atoms with Crippen molar-refractivity contribution in [2.75, 3.05) is 25.5 Å². The molecule has 108 valence electrons. The van der Waals surface area contributed by atoms with Crippen molar-refractivity contribution in [2.45, 2.75) is 6.92 Å². The summed E-state index contributed by atoms with van der Waals surface area (Å²) in [6, 6.07) is 4.46. The lowest BCUT2D eigenvalue weighted by molar-refractivity contribution is -0.384. The molecule has 0 aliphatic carbocycles. The van der Waals surface area contributed by atoms with E-state index in [0.29, 0.717) is 0 Å². The summed E-state index contributed by atoms with van der Waals surface area (Å²) in [4.78, 5) is 33.0. The van der Waals surface area contributed by atoms with E-state index in [-0.39, 0.29) is 35.9 Å². The second-order valence-electron chi connectivity index (χ2n) is 3.95. The van der Waals surface area contributed by atoms with Gasteiger partial charge >= 0.3 is 5.69 Å². The van der Waals surface area contributed by atoms with Crippen LogP contribution in [0.15, 0.2) is 18.2 Å². The Morgan fingerprint density at radius 3 is 2.45 bits per heavy atom. The zero-order chi connectivity index (χ0) is 15.1. The van der Waals surface area contributed by atoms with E-state index in [4.69, 9.17) is 0 Å². The molecule has 0 bridgehead atoms. The fraction of sp³-hybridized carbons (Fsp3) is 0.333. The molecule has 8 nitrogen and oxygen atoms in total. The Labute approximate surface area is 115 Å². The van der Waals surface area contributed by atoms with Gasteiger partial charge in [-0.15, -0.1) is 0 Å². The predicted octanol–water partition coefficient (Wildman–Crippen LogP) is 0.502. The number of nitro benzene ring substituents is 1. The van der Waals surface area contributed by atoms with Gasteiger partial charge in [0.15, 0.2) is 0 Å². The summed E-state index contributed by atoms with van der Waals surface area (Å²) >= 11 is 0. The minimum atomic E-state index is -0.603. The molecule has 0 fully saturated rings. The third-order valence-corrected chi connectivity index (χ3v) is 2.52. The highest BCUT2D eigenvalue weighted by atomic mass is 16.6. The maximum Gasteiger partial charge on any atom is 0.305 e. The van der Waals surface area contributed by atoms with Crippen LogP contribution in [0.5, 0.6) is 0 Å². The van der Waals surface area contributed by atoms with Crippen molar-refractivity contribution in [1.82, 2.24) is 10.6 Å². The molecule has 2 amide bonds. The summed E-state index contributed by atoms with van der Waals surface area (Å²) in [7, 11) is 1.54. The third kappa shape index (κ3) is 3.94. The average molecular weight is 280 g/mol. The largest absolute Gasteiger partial charge is 0.383 e. The van der Waals surface area contributed by atoms with Crippen molar-refractivity contribution in [3.05, 3.63) is 33.9 Å². The number of carbonyl (C=O) groups excluding carboxylic acids is 2. The molecule has 3 N–H and O–H groups in total. The van der Waals surface area contributed by atoms with Crippen LogP contribution in [0.1, 0.15) is 17.3 Å². The molecule has 8 heteroatoms. The number of nitrogens with zero attached hydrogens (tertiary/aromatic N) is 1. The molecule has 0 aliphatic heterocycles. The van der Waals surface area contributed by atoms with Gasteiger partial charge in [-0.05, 0) is 12.1 Å². The number of benzene rings is 1. The number of anilines is 1. The van der Waals surface area contributed by atoms with Crippen LogP contribution in [0, 0.1) is 10.1 Å². The van der Waals surface area contributed by atoms with E-state index in [1.807, 2.05) is 0 Å². The summed E-state index contributed by atoms with van der Waals surface area (Å²) in [5.74, 6) is -0.762. The van der Waals surface area contributed by atoms with Crippen LogP contribution in [-0.4, -0.2) is 36.9 Å². The molecule has 0 heterocycles. The Morgan fingerprint density at radius 1 is 1.25 bits per heavy atom. The average Bonchev–Trinajstić information content (AvgIpc) is 2.41. The van der Waals surface area contributed by atoms with Gasteiger partial charge in [0.05, 0.1) is 4.92 Å². The molecule has 0 spiro atoms. The fourth-order valence-electron chi connectivity index (χ4n) is 1.63. The van der Waals surface area contributed by atoms with Crippen LogP contribution >= 0.6 is 0 Å². The first kappa shape index (κ1) is 15.4. The maximum absolute atomic E-state index is 11.9. The van der Waals surface area contributed by atoms with Crippen molar-refractivity contribution in [3.63, 3.8) is 0 Å². The number of rotatable bonds is 6. The van der Waals surface area contributed by atoms with Gasteiger partial charge in [0, 0.05) is 27.1 Å². The molecule has 20 heavy (non-hydrogen) atoms. The first-order valence-corrected chi connectivity index (χ1v) is 5.95. The summed E-state index contributed by atoms with van der Waals surface area (Å²) in [5.41, 5.74) is -0.0267.